The SMILES string of the molecule is Nc1cc(N2CCNC(=O)C2)cc(S(N)(=O)=O)c1. The summed E-state index contributed by atoms with van der Waals surface area (Å²) >= 11 is 0. The number of piperazine rings is 1. The van der Waals surface area contributed by atoms with Crippen LogP contribution in [0.4, 0.5) is 11.4 Å². The molecular formula is C10H14N4O3S. The van der Waals surface area contributed by atoms with Crippen LogP contribution in [0.25, 0.3) is 0 Å². The van der Waals surface area contributed by atoms with E-state index in [4.69, 9.17) is 10.9 Å². The van der Waals surface area contributed by atoms with Gasteiger partial charge in [-0.3, -0.25) is 4.79 Å². The van der Waals surface area contributed by atoms with E-state index in [1.807, 2.05) is 0 Å². The summed E-state index contributed by atoms with van der Waals surface area (Å²) in [6.45, 7) is 1.28. The van der Waals surface area contributed by atoms with Crippen molar-refractivity contribution in [2.45, 2.75) is 4.90 Å². The van der Waals surface area contributed by atoms with Crippen LogP contribution in [0.1, 0.15) is 0 Å². The zero-order valence-electron chi connectivity index (χ0n) is 9.59. The minimum atomic E-state index is -3.81. The Morgan fingerprint density at radius 1 is 1.28 bits per heavy atom. The van der Waals surface area contributed by atoms with Crippen LogP contribution < -0.4 is 21.1 Å². The first kappa shape index (κ1) is 12.7. The van der Waals surface area contributed by atoms with Gasteiger partial charge in [-0.1, -0.05) is 0 Å². The van der Waals surface area contributed by atoms with Crippen molar-refractivity contribution >= 4 is 27.3 Å². The third-order valence-electron chi connectivity index (χ3n) is 2.65. The Kier molecular flexibility index (Phi) is 3.14. The molecule has 0 aromatic heterocycles. The molecule has 1 aromatic carbocycles. The molecule has 0 atom stereocenters. The lowest BCUT2D eigenvalue weighted by atomic mass is 10.2. The second-order valence-corrected chi connectivity index (χ2v) is 5.64. The van der Waals surface area contributed by atoms with E-state index in [1.54, 1.807) is 11.0 Å². The number of hydrogen-bond acceptors (Lipinski definition) is 5. The number of sulfonamides is 1. The van der Waals surface area contributed by atoms with Gasteiger partial charge in [-0.2, -0.15) is 0 Å². The van der Waals surface area contributed by atoms with Gasteiger partial charge in [-0.15, -0.1) is 0 Å². The molecule has 2 rings (SSSR count). The van der Waals surface area contributed by atoms with E-state index < -0.39 is 10.0 Å². The molecule has 98 valence electrons. The van der Waals surface area contributed by atoms with Crippen LogP contribution >= 0.6 is 0 Å². The van der Waals surface area contributed by atoms with E-state index in [0.29, 0.717) is 24.5 Å². The van der Waals surface area contributed by atoms with Crippen LogP contribution in [-0.4, -0.2) is 34.0 Å². The van der Waals surface area contributed by atoms with Gasteiger partial charge in [-0.05, 0) is 18.2 Å². The van der Waals surface area contributed by atoms with E-state index >= 15 is 0 Å². The first-order chi connectivity index (χ1) is 8.36. The van der Waals surface area contributed by atoms with E-state index in [-0.39, 0.29) is 17.3 Å². The van der Waals surface area contributed by atoms with E-state index in [1.165, 1.54) is 12.1 Å². The van der Waals surface area contributed by atoms with E-state index in [0.717, 1.165) is 0 Å². The van der Waals surface area contributed by atoms with Crippen LogP contribution in [0.5, 0.6) is 0 Å². The Morgan fingerprint density at radius 3 is 2.61 bits per heavy atom. The zero-order valence-corrected chi connectivity index (χ0v) is 10.4. The smallest absolute Gasteiger partial charge is 0.239 e. The number of nitrogens with two attached hydrogens (primary N) is 2. The highest BCUT2D eigenvalue weighted by atomic mass is 32.2. The lowest BCUT2D eigenvalue weighted by Crippen LogP contribution is -2.47. The number of carbonyl (C=O) groups excluding carboxylic acids is 1. The van der Waals surface area contributed by atoms with Crippen LogP contribution in [0.2, 0.25) is 0 Å². The van der Waals surface area contributed by atoms with Crippen LogP contribution in [0.15, 0.2) is 23.1 Å². The molecule has 0 saturated carbocycles. The monoisotopic (exact) mass is 270 g/mol. The number of benzene rings is 1. The lowest BCUT2D eigenvalue weighted by molar-refractivity contribution is -0.120. The maximum Gasteiger partial charge on any atom is 0.239 e. The maximum atomic E-state index is 11.3. The molecule has 0 radical (unpaired) electrons. The quantitative estimate of drug-likeness (QED) is 0.586. The molecule has 1 aromatic rings. The summed E-state index contributed by atoms with van der Waals surface area (Å²) < 4.78 is 22.6. The van der Waals surface area contributed by atoms with Gasteiger partial charge in [0.05, 0.1) is 11.4 Å². The van der Waals surface area contributed by atoms with Gasteiger partial charge in [0, 0.05) is 24.5 Å². The fraction of sp³-hybridized carbons (Fsp3) is 0.300. The molecule has 1 aliphatic heterocycles. The average molecular weight is 270 g/mol. The highest BCUT2D eigenvalue weighted by Gasteiger charge is 2.19. The van der Waals surface area contributed by atoms with Gasteiger partial charge in [0.15, 0.2) is 0 Å². The molecule has 18 heavy (non-hydrogen) atoms. The minimum Gasteiger partial charge on any atom is -0.399 e. The van der Waals surface area contributed by atoms with Crippen LogP contribution in [0, 0.1) is 0 Å². The Morgan fingerprint density at radius 2 is 2.00 bits per heavy atom. The summed E-state index contributed by atoms with van der Waals surface area (Å²) in [7, 11) is -3.81. The van der Waals surface area contributed by atoms with Gasteiger partial charge >= 0.3 is 0 Å². The summed E-state index contributed by atoms with van der Waals surface area (Å²) in [4.78, 5) is 13.0. The molecule has 0 aliphatic carbocycles. The number of nitrogen functional groups attached to an aromatic ring is 1. The summed E-state index contributed by atoms with van der Waals surface area (Å²) in [6.07, 6.45) is 0. The topological polar surface area (TPSA) is 119 Å². The predicted molar refractivity (Wildman–Crippen MR) is 67.5 cm³/mol. The van der Waals surface area contributed by atoms with Gasteiger partial charge < -0.3 is 16.0 Å². The standard InChI is InChI=1S/C10H14N4O3S/c11-7-3-8(5-9(4-7)18(12,16)17)14-2-1-13-10(15)6-14/h3-5H,1-2,6,11H2,(H,13,15)(H2,12,16,17). The normalized spacial score (nSPS) is 16.5. The van der Waals surface area contributed by atoms with E-state index in [2.05, 4.69) is 5.32 Å². The Bertz CT molecular complexity index is 585. The molecular weight excluding hydrogens is 256 g/mol. The largest absolute Gasteiger partial charge is 0.399 e. The molecule has 0 bridgehead atoms. The summed E-state index contributed by atoms with van der Waals surface area (Å²) in [6, 6.07) is 4.33. The van der Waals surface area contributed by atoms with Crippen molar-refractivity contribution in [2.24, 2.45) is 5.14 Å². The molecule has 1 fully saturated rings. The molecule has 5 N–H and O–H groups in total. The van der Waals surface area contributed by atoms with Crippen molar-refractivity contribution in [1.29, 1.82) is 0 Å². The third kappa shape index (κ3) is 2.71. The van der Waals surface area contributed by atoms with E-state index in [9.17, 15) is 13.2 Å². The van der Waals surface area contributed by atoms with Crippen LogP contribution in [-0.2, 0) is 14.8 Å². The first-order valence-electron chi connectivity index (χ1n) is 5.31. The van der Waals surface area contributed by atoms with Crippen molar-refractivity contribution in [3.05, 3.63) is 18.2 Å². The van der Waals surface area contributed by atoms with Crippen molar-refractivity contribution in [1.82, 2.24) is 5.32 Å². The number of nitrogens with zero attached hydrogens (tertiary/aromatic N) is 1. The maximum absolute atomic E-state index is 11.3. The van der Waals surface area contributed by atoms with Crippen molar-refractivity contribution in [3.8, 4) is 0 Å². The lowest BCUT2D eigenvalue weighted by Gasteiger charge is -2.29. The summed E-state index contributed by atoms with van der Waals surface area (Å²) in [5.41, 5.74) is 6.52. The number of primary sulfonamides is 1. The number of hydrogen-bond donors (Lipinski definition) is 3. The predicted octanol–water partition coefficient (Wildman–Crippen LogP) is -1.15. The number of nitrogens with one attached hydrogen (secondary N) is 1. The number of amides is 1. The molecule has 0 spiro atoms. The number of rotatable bonds is 2. The summed E-state index contributed by atoms with van der Waals surface area (Å²) in [5.74, 6) is -0.110. The number of carbonyl (C=O) groups is 1. The molecule has 1 amide bonds. The Hall–Kier alpha value is -1.80. The highest BCUT2D eigenvalue weighted by Crippen LogP contribution is 2.23. The van der Waals surface area contributed by atoms with Gasteiger partial charge in [0.1, 0.15) is 0 Å². The molecule has 7 nitrogen and oxygen atoms in total. The average Bonchev–Trinajstić information content (AvgIpc) is 2.27. The van der Waals surface area contributed by atoms with Crippen molar-refractivity contribution in [3.63, 3.8) is 0 Å². The Balaban J connectivity index is 2.39. The van der Waals surface area contributed by atoms with Crippen molar-refractivity contribution in [2.75, 3.05) is 30.3 Å². The number of anilines is 2. The summed E-state index contributed by atoms with van der Waals surface area (Å²) in [5, 5.41) is 7.76. The molecule has 0 unspecified atom stereocenters. The molecule has 8 heteroatoms. The van der Waals surface area contributed by atoms with Crippen molar-refractivity contribution < 1.29 is 13.2 Å². The highest BCUT2D eigenvalue weighted by molar-refractivity contribution is 7.89. The minimum absolute atomic E-state index is 0.0523. The second kappa shape index (κ2) is 4.46. The third-order valence-corrected chi connectivity index (χ3v) is 3.54. The fourth-order valence-electron chi connectivity index (χ4n) is 1.81. The van der Waals surface area contributed by atoms with Gasteiger partial charge in [0.2, 0.25) is 15.9 Å². The van der Waals surface area contributed by atoms with Gasteiger partial charge in [0.25, 0.3) is 0 Å². The fourth-order valence-corrected chi connectivity index (χ4v) is 2.40. The van der Waals surface area contributed by atoms with Gasteiger partial charge in [-0.25, -0.2) is 13.6 Å². The first-order valence-corrected chi connectivity index (χ1v) is 6.86. The Labute approximate surface area is 105 Å². The molecule has 1 saturated heterocycles. The zero-order chi connectivity index (χ0) is 13.3. The second-order valence-electron chi connectivity index (χ2n) is 4.08. The van der Waals surface area contributed by atoms with Crippen LogP contribution in [0.3, 0.4) is 0 Å². The molecule has 1 aliphatic rings. The molecule has 1 heterocycles.